The molecule has 3 rings (SSSR count). The first-order chi connectivity index (χ1) is 13.6. The molecule has 2 amide bonds. The van der Waals surface area contributed by atoms with Gasteiger partial charge in [-0.3, -0.25) is 9.59 Å². The molecule has 1 aromatic carbocycles. The maximum Gasteiger partial charge on any atom is 0.270 e. The van der Waals surface area contributed by atoms with Crippen LogP contribution >= 0.6 is 0 Å². The maximum absolute atomic E-state index is 13.1. The third kappa shape index (κ3) is 3.97. The van der Waals surface area contributed by atoms with Crippen LogP contribution in [0.1, 0.15) is 65.3 Å². The molecule has 1 aromatic heterocycles. The summed E-state index contributed by atoms with van der Waals surface area (Å²) in [6.45, 7) is 8.72. The summed E-state index contributed by atoms with van der Waals surface area (Å²) in [4.78, 5) is 27.8. The van der Waals surface area contributed by atoms with E-state index in [1.54, 1.807) is 11.0 Å². The van der Waals surface area contributed by atoms with Crippen molar-refractivity contribution in [2.45, 2.75) is 46.4 Å². The van der Waals surface area contributed by atoms with Crippen LogP contribution in [0, 0.1) is 0 Å². The average Bonchev–Trinajstić information content (AvgIpc) is 3.13. The van der Waals surface area contributed by atoms with Gasteiger partial charge in [-0.25, -0.2) is 0 Å². The van der Waals surface area contributed by atoms with Crippen LogP contribution in [0.5, 0.6) is 0 Å². The number of carbonyl (C=O) groups excluding carboxylic acids is 2. The van der Waals surface area contributed by atoms with Crippen LogP contribution in [0.3, 0.4) is 0 Å². The highest BCUT2D eigenvalue weighted by atomic mass is 16.5. The van der Waals surface area contributed by atoms with Gasteiger partial charge in [0.15, 0.2) is 0 Å². The van der Waals surface area contributed by atoms with Crippen molar-refractivity contribution in [2.75, 3.05) is 19.7 Å². The fourth-order valence-electron chi connectivity index (χ4n) is 3.71. The smallest absolute Gasteiger partial charge is 0.270 e. The van der Waals surface area contributed by atoms with Gasteiger partial charge in [-0.15, -0.1) is 0 Å². The molecule has 0 aliphatic carbocycles. The fraction of sp³-hybridized carbons (Fsp3) is 0.455. The molecule has 1 aliphatic rings. The van der Waals surface area contributed by atoms with Crippen molar-refractivity contribution in [2.24, 2.45) is 0 Å². The van der Waals surface area contributed by atoms with E-state index in [1.807, 2.05) is 55.7 Å². The molecule has 0 unspecified atom stereocenters. The quantitative estimate of drug-likeness (QED) is 0.797. The van der Waals surface area contributed by atoms with E-state index in [-0.39, 0.29) is 17.9 Å². The number of rotatable bonds is 7. The molecular formula is C22H29N3O3. The Hall–Kier alpha value is -2.60. The number of amides is 2. The van der Waals surface area contributed by atoms with Gasteiger partial charge in [0.05, 0.1) is 30.5 Å². The van der Waals surface area contributed by atoms with Crippen LogP contribution in [0.4, 0.5) is 0 Å². The van der Waals surface area contributed by atoms with Gasteiger partial charge in [0.2, 0.25) is 0 Å². The molecule has 1 N–H and O–H groups in total. The van der Waals surface area contributed by atoms with Crippen LogP contribution in [0.15, 0.2) is 36.4 Å². The van der Waals surface area contributed by atoms with Gasteiger partial charge < -0.3 is 19.5 Å². The first-order valence-corrected chi connectivity index (χ1v) is 10.1. The van der Waals surface area contributed by atoms with Crippen LogP contribution in [-0.2, 0) is 17.9 Å². The highest BCUT2D eigenvalue weighted by Crippen LogP contribution is 2.24. The molecule has 0 saturated carbocycles. The largest absolute Gasteiger partial charge is 0.373 e. The number of ether oxygens (including phenoxy) is 1. The number of hydrogen-bond donors (Lipinski definition) is 1. The van der Waals surface area contributed by atoms with E-state index in [9.17, 15) is 9.59 Å². The lowest BCUT2D eigenvalue weighted by molar-refractivity contribution is 0.0701. The number of hydrogen-bond acceptors (Lipinski definition) is 3. The Morgan fingerprint density at radius 2 is 1.89 bits per heavy atom. The Bertz CT molecular complexity index is 825. The van der Waals surface area contributed by atoms with Crippen LogP contribution in [0.25, 0.3) is 0 Å². The van der Waals surface area contributed by atoms with E-state index in [0.717, 1.165) is 17.7 Å². The van der Waals surface area contributed by atoms with Gasteiger partial charge in [-0.05, 0) is 31.9 Å². The molecule has 150 valence electrons. The predicted octanol–water partition coefficient (Wildman–Crippen LogP) is 3.38. The second-order valence-electron chi connectivity index (χ2n) is 6.92. The molecule has 2 aromatic rings. The van der Waals surface area contributed by atoms with Crippen molar-refractivity contribution in [3.8, 4) is 0 Å². The lowest BCUT2D eigenvalue weighted by Gasteiger charge is -2.23. The Labute approximate surface area is 166 Å². The summed E-state index contributed by atoms with van der Waals surface area (Å²) in [7, 11) is 0. The number of carbonyl (C=O) groups is 2. The molecular weight excluding hydrogens is 354 g/mol. The van der Waals surface area contributed by atoms with Crippen LogP contribution in [0.2, 0.25) is 0 Å². The summed E-state index contributed by atoms with van der Waals surface area (Å²) in [5, 5.41) is 3.13. The summed E-state index contributed by atoms with van der Waals surface area (Å²) < 4.78 is 7.53. The lowest BCUT2D eigenvalue weighted by atomic mass is 10.0. The third-order valence-corrected chi connectivity index (χ3v) is 5.34. The summed E-state index contributed by atoms with van der Waals surface area (Å²) in [5.41, 5.74) is 2.95. The number of nitrogens with zero attached hydrogens (tertiary/aromatic N) is 2. The SMILES string of the molecule is CC[C@@H](NC(=O)c1cc(C(=O)N(CC)CC)n2c1COCC2)c1ccccc1. The Kier molecular flexibility index (Phi) is 6.52. The zero-order chi connectivity index (χ0) is 20.1. The molecule has 6 nitrogen and oxygen atoms in total. The molecule has 1 aliphatic heterocycles. The van der Waals surface area contributed by atoms with E-state index < -0.39 is 0 Å². The molecule has 0 radical (unpaired) electrons. The molecule has 1 atom stereocenters. The average molecular weight is 383 g/mol. The molecule has 6 heteroatoms. The van der Waals surface area contributed by atoms with Gasteiger partial charge in [0, 0.05) is 19.6 Å². The highest BCUT2D eigenvalue weighted by molar-refractivity contribution is 6.00. The topological polar surface area (TPSA) is 63.6 Å². The predicted molar refractivity (Wildman–Crippen MR) is 108 cm³/mol. The van der Waals surface area contributed by atoms with E-state index in [1.165, 1.54) is 0 Å². The minimum atomic E-state index is -0.163. The number of benzene rings is 1. The van der Waals surface area contributed by atoms with E-state index in [0.29, 0.717) is 44.1 Å². The Morgan fingerprint density at radius 1 is 1.18 bits per heavy atom. The van der Waals surface area contributed by atoms with E-state index in [4.69, 9.17) is 4.74 Å². The molecule has 28 heavy (non-hydrogen) atoms. The maximum atomic E-state index is 13.1. The molecule has 0 fully saturated rings. The van der Waals surface area contributed by atoms with Gasteiger partial charge in [0.25, 0.3) is 11.8 Å². The first kappa shape index (κ1) is 20.1. The van der Waals surface area contributed by atoms with Crippen LogP contribution < -0.4 is 5.32 Å². The van der Waals surface area contributed by atoms with Crippen molar-refractivity contribution in [3.63, 3.8) is 0 Å². The summed E-state index contributed by atoms with van der Waals surface area (Å²) in [6, 6.07) is 11.6. The third-order valence-electron chi connectivity index (χ3n) is 5.34. The second kappa shape index (κ2) is 9.06. The Balaban J connectivity index is 1.91. The summed E-state index contributed by atoms with van der Waals surface area (Å²) in [6.07, 6.45) is 0.785. The minimum Gasteiger partial charge on any atom is -0.373 e. The first-order valence-electron chi connectivity index (χ1n) is 10.1. The fourth-order valence-corrected chi connectivity index (χ4v) is 3.71. The second-order valence-corrected chi connectivity index (χ2v) is 6.92. The van der Waals surface area contributed by atoms with Crippen molar-refractivity contribution in [1.29, 1.82) is 0 Å². The van der Waals surface area contributed by atoms with Crippen molar-refractivity contribution in [1.82, 2.24) is 14.8 Å². The standard InChI is InChI=1S/C22H29N3O3/c1-4-18(16-10-8-7-9-11-16)23-21(26)17-14-19(22(27)24(5-2)6-3)25-12-13-28-15-20(17)25/h7-11,14,18H,4-6,12-13,15H2,1-3H3,(H,23,26)/t18-/m1/s1. The normalized spacial score (nSPS) is 14.2. The highest BCUT2D eigenvalue weighted by Gasteiger charge is 2.28. The lowest BCUT2D eigenvalue weighted by Crippen LogP contribution is -2.33. The molecule has 0 spiro atoms. The van der Waals surface area contributed by atoms with Crippen molar-refractivity contribution in [3.05, 3.63) is 58.9 Å². The van der Waals surface area contributed by atoms with Crippen molar-refractivity contribution < 1.29 is 14.3 Å². The zero-order valence-electron chi connectivity index (χ0n) is 16.9. The molecule has 2 heterocycles. The monoisotopic (exact) mass is 383 g/mol. The molecule has 0 bridgehead atoms. The summed E-state index contributed by atoms with van der Waals surface area (Å²) in [5.74, 6) is -0.203. The van der Waals surface area contributed by atoms with Gasteiger partial charge >= 0.3 is 0 Å². The van der Waals surface area contributed by atoms with Gasteiger partial charge in [-0.1, -0.05) is 37.3 Å². The zero-order valence-corrected chi connectivity index (χ0v) is 16.9. The number of nitrogens with one attached hydrogen (secondary N) is 1. The minimum absolute atomic E-state index is 0.0395. The molecule has 0 saturated heterocycles. The Morgan fingerprint density at radius 3 is 2.54 bits per heavy atom. The number of aromatic nitrogens is 1. The summed E-state index contributed by atoms with van der Waals surface area (Å²) >= 11 is 0. The van der Waals surface area contributed by atoms with Gasteiger partial charge in [0.1, 0.15) is 5.69 Å². The van der Waals surface area contributed by atoms with Gasteiger partial charge in [-0.2, -0.15) is 0 Å². The number of fused-ring (bicyclic) bond motifs is 1. The van der Waals surface area contributed by atoms with E-state index >= 15 is 0 Å². The van der Waals surface area contributed by atoms with E-state index in [2.05, 4.69) is 5.32 Å². The van der Waals surface area contributed by atoms with Crippen LogP contribution in [-0.4, -0.2) is 41.0 Å². The van der Waals surface area contributed by atoms with Crippen molar-refractivity contribution >= 4 is 11.8 Å².